The minimum Gasteiger partial charge on any atom is -0.492 e. The Morgan fingerprint density at radius 3 is 1.52 bits per heavy atom. The molecule has 0 amide bonds. The third kappa shape index (κ3) is 6.94. The molecule has 0 aliphatic carbocycles. The Morgan fingerprint density at radius 1 is 0.793 bits per heavy atom. The van der Waals surface area contributed by atoms with Crippen molar-refractivity contribution in [1.29, 1.82) is 0 Å². The Kier molecular flexibility index (Phi) is 7.93. The van der Waals surface area contributed by atoms with Crippen LogP contribution in [0.3, 0.4) is 0 Å². The molecule has 0 radical (unpaired) electrons. The molecule has 0 N–H and O–H groups in total. The quantitative estimate of drug-likeness (QED) is 0.319. The van der Waals surface area contributed by atoms with Crippen LogP contribution in [0, 0.1) is 20.2 Å². The first-order valence-corrected chi connectivity index (χ1v) is 11.3. The summed E-state index contributed by atoms with van der Waals surface area (Å²) in [7, 11) is -3.53. The highest BCUT2D eigenvalue weighted by Gasteiger charge is 2.16. The van der Waals surface area contributed by atoms with Crippen molar-refractivity contribution in [3.8, 4) is 11.5 Å². The lowest BCUT2D eigenvalue weighted by Gasteiger charge is -2.09. The first-order valence-electron chi connectivity index (χ1n) is 7.93. The lowest BCUT2D eigenvalue weighted by molar-refractivity contribution is -0.385. The van der Waals surface area contributed by atoms with E-state index in [9.17, 15) is 28.6 Å². The molecule has 2 aromatic carbocycles. The van der Waals surface area contributed by atoms with E-state index in [-0.39, 0.29) is 56.5 Å². The Balaban J connectivity index is 1.85. The first-order chi connectivity index (χ1) is 13.6. The molecule has 0 aliphatic rings. The first kappa shape index (κ1) is 23.0. The number of sulfone groups is 1. The van der Waals surface area contributed by atoms with Crippen molar-refractivity contribution >= 4 is 53.1 Å². The summed E-state index contributed by atoms with van der Waals surface area (Å²) < 4.78 is 35.3. The molecule has 0 aliphatic heterocycles. The fourth-order valence-electron chi connectivity index (χ4n) is 2.12. The summed E-state index contributed by atoms with van der Waals surface area (Å²) in [5.41, 5.74) is -0.385. The lowest BCUT2D eigenvalue weighted by Crippen LogP contribution is -2.21. The second kappa shape index (κ2) is 9.98. The van der Waals surface area contributed by atoms with E-state index in [2.05, 4.69) is 31.9 Å². The van der Waals surface area contributed by atoms with Crippen LogP contribution in [0.5, 0.6) is 11.5 Å². The predicted octanol–water partition coefficient (Wildman–Crippen LogP) is 3.90. The van der Waals surface area contributed by atoms with Gasteiger partial charge >= 0.3 is 0 Å². The molecule has 29 heavy (non-hydrogen) atoms. The number of nitro benzene ring substituents is 2. The summed E-state index contributed by atoms with van der Waals surface area (Å²) in [6.07, 6.45) is 0. The Labute approximate surface area is 182 Å². The van der Waals surface area contributed by atoms with Crippen LogP contribution in [0.1, 0.15) is 0 Å². The molecule has 0 fully saturated rings. The largest absolute Gasteiger partial charge is 0.492 e. The normalized spacial score (nSPS) is 11.1. The smallest absolute Gasteiger partial charge is 0.287 e. The molecule has 0 atom stereocenters. The monoisotopic (exact) mass is 552 g/mol. The van der Waals surface area contributed by atoms with Crippen LogP contribution in [0.2, 0.25) is 0 Å². The Bertz CT molecular complexity index is 954. The SMILES string of the molecule is O=[N+]([O-])c1cc(OCCS(=O)(=O)CCOc2ccc(Br)c([N+](=O)[O-])c2)ccc1Br. The number of rotatable bonds is 10. The second-order valence-electron chi connectivity index (χ2n) is 5.59. The summed E-state index contributed by atoms with van der Waals surface area (Å²) in [5.74, 6) is -0.288. The zero-order valence-corrected chi connectivity index (χ0v) is 18.6. The second-order valence-corrected chi connectivity index (χ2v) is 9.60. The Morgan fingerprint density at radius 2 is 1.17 bits per heavy atom. The average molecular weight is 554 g/mol. The highest BCUT2D eigenvalue weighted by molar-refractivity contribution is 9.11. The fourth-order valence-corrected chi connectivity index (χ4v) is 3.78. The van der Waals surface area contributed by atoms with Gasteiger partial charge in [-0.1, -0.05) is 0 Å². The van der Waals surface area contributed by atoms with Gasteiger partial charge in [-0.05, 0) is 56.1 Å². The number of nitrogens with zero attached hydrogens (tertiary/aromatic N) is 2. The van der Waals surface area contributed by atoms with E-state index < -0.39 is 19.7 Å². The zero-order chi connectivity index (χ0) is 21.6. The molecule has 0 unspecified atom stereocenters. The van der Waals surface area contributed by atoms with E-state index in [0.717, 1.165) is 0 Å². The Hall–Kier alpha value is -2.25. The van der Waals surface area contributed by atoms with Crippen LogP contribution >= 0.6 is 31.9 Å². The summed E-state index contributed by atoms with van der Waals surface area (Å²) in [6, 6.07) is 8.22. The maximum atomic E-state index is 12.1. The summed E-state index contributed by atoms with van der Waals surface area (Å²) in [5, 5.41) is 21.8. The van der Waals surface area contributed by atoms with Gasteiger partial charge in [0.2, 0.25) is 0 Å². The standard InChI is InChI=1S/C16H14Br2N2O8S/c17-13-3-1-11(9-15(13)19(21)22)27-5-7-29(25,26)8-6-28-12-2-4-14(18)16(10-12)20(23)24/h1-4,9-10H,5-8H2. The van der Waals surface area contributed by atoms with Gasteiger partial charge in [0.05, 0.1) is 42.4 Å². The van der Waals surface area contributed by atoms with Gasteiger partial charge in [0.1, 0.15) is 24.7 Å². The lowest BCUT2D eigenvalue weighted by atomic mass is 10.3. The van der Waals surface area contributed by atoms with Crippen LogP contribution < -0.4 is 9.47 Å². The molecule has 0 aromatic heterocycles. The molecule has 13 heteroatoms. The van der Waals surface area contributed by atoms with Gasteiger partial charge in [-0.2, -0.15) is 0 Å². The zero-order valence-electron chi connectivity index (χ0n) is 14.6. The van der Waals surface area contributed by atoms with Crippen molar-refractivity contribution in [2.75, 3.05) is 24.7 Å². The van der Waals surface area contributed by atoms with E-state index in [1.807, 2.05) is 0 Å². The number of benzene rings is 2. The number of ether oxygens (including phenoxy) is 2. The van der Waals surface area contributed by atoms with E-state index in [0.29, 0.717) is 0 Å². The molecular formula is C16H14Br2N2O8S. The third-order valence-electron chi connectivity index (χ3n) is 3.55. The van der Waals surface area contributed by atoms with Crippen LogP contribution in [-0.4, -0.2) is 43.0 Å². The highest BCUT2D eigenvalue weighted by atomic mass is 79.9. The van der Waals surface area contributed by atoms with Crippen LogP contribution in [0.15, 0.2) is 45.3 Å². The summed E-state index contributed by atoms with van der Waals surface area (Å²) >= 11 is 6.10. The molecule has 0 saturated heterocycles. The molecule has 0 bridgehead atoms. The van der Waals surface area contributed by atoms with Crippen LogP contribution in [-0.2, 0) is 9.84 Å². The molecular weight excluding hydrogens is 540 g/mol. The molecule has 156 valence electrons. The van der Waals surface area contributed by atoms with Gasteiger partial charge in [0, 0.05) is 0 Å². The minimum atomic E-state index is -3.53. The summed E-state index contributed by atoms with van der Waals surface area (Å²) in [6.45, 7) is -0.379. The number of hydrogen-bond acceptors (Lipinski definition) is 8. The third-order valence-corrected chi connectivity index (χ3v) is 6.47. The van der Waals surface area contributed by atoms with Gasteiger partial charge in [-0.3, -0.25) is 20.2 Å². The predicted molar refractivity (Wildman–Crippen MR) is 111 cm³/mol. The average Bonchev–Trinajstić information content (AvgIpc) is 2.63. The van der Waals surface area contributed by atoms with Gasteiger partial charge in [-0.25, -0.2) is 8.42 Å². The van der Waals surface area contributed by atoms with E-state index in [1.165, 1.54) is 36.4 Å². The minimum absolute atomic E-state index is 0.175. The van der Waals surface area contributed by atoms with Gasteiger partial charge in [0.25, 0.3) is 11.4 Å². The van der Waals surface area contributed by atoms with Crippen molar-refractivity contribution in [2.24, 2.45) is 0 Å². The van der Waals surface area contributed by atoms with E-state index >= 15 is 0 Å². The molecule has 0 heterocycles. The molecule has 2 aromatic rings. The van der Waals surface area contributed by atoms with E-state index in [4.69, 9.17) is 9.47 Å². The van der Waals surface area contributed by atoms with Crippen molar-refractivity contribution in [2.45, 2.75) is 0 Å². The highest BCUT2D eigenvalue weighted by Crippen LogP contribution is 2.30. The molecule has 0 saturated carbocycles. The van der Waals surface area contributed by atoms with Gasteiger partial charge in [0.15, 0.2) is 9.84 Å². The fraction of sp³-hybridized carbons (Fsp3) is 0.250. The topological polar surface area (TPSA) is 139 Å². The van der Waals surface area contributed by atoms with Crippen molar-refractivity contribution in [1.82, 2.24) is 0 Å². The van der Waals surface area contributed by atoms with Crippen LogP contribution in [0.4, 0.5) is 11.4 Å². The molecule has 2 rings (SSSR count). The van der Waals surface area contributed by atoms with Crippen molar-refractivity contribution in [3.05, 3.63) is 65.6 Å². The summed E-state index contributed by atoms with van der Waals surface area (Å²) in [4.78, 5) is 20.6. The van der Waals surface area contributed by atoms with Crippen molar-refractivity contribution < 1.29 is 27.7 Å². The maximum Gasteiger partial charge on any atom is 0.287 e. The van der Waals surface area contributed by atoms with Gasteiger partial charge in [-0.15, -0.1) is 0 Å². The maximum absolute atomic E-state index is 12.1. The van der Waals surface area contributed by atoms with Crippen molar-refractivity contribution in [3.63, 3.8) is 0 Å². The number of halogens is 2. The van der Waals surface area contributed by atoms with E-state index in [1.54, 1.807) is 0 Å². The molecule has 10 nitrogen and oxygen atoms in total. The number of nitro groups is 2. The van der Waals surface area contributed by atoms with Gasteiger partial charge < -0.3 is 9.47 Å². The van der Waals surface area contributed by atoms with Crippen LogP contribution in [0.25, 0.3) is 0 Å². The number of hydrogen-bond donors (Lipinski definition) is 0. The molecule has 0 spiro atoms.